The van der Waals surface area contributed by atoms with Crippen molar-refractivity contribution in [2.24, 2.45) is 0 Å². The van der Waals surface area contributed by atoms with Crippen LogP contribution in [-0.4, -0.2) is 27.9 Å². The van der Waals surface area contributed by atoms with Crippen LogP contribution in [0.5, 0.6) is 0 Å². The minimum absolute atomic E-state index is 0.208. The van der Waals surface area contributed by atoms with Crippen LogP contribution in [0, 0.1) is 0 Å². The number of pyridine rings is 1. The lowest BCUT2D eigenvalue weighted by Crippen LogP contribution is -2.23. The summed E-state index contributed by atoms with van der Waals surface area (Å²) in [6.07, 6.45) is 6.45. The number of hydrogen-bond donors (Lipinski definition) is 1. The quantitative estimate of drug-likeness (QED) is 0.782. The second-order valence-corrected chi connectivity index (χ2v) is 5.20. The van der Waals surface area contributed by atoms with E-state index in [-0.39, 0.29) is 5.91 Å². The van der Waals surface area contributed by atoms with Gasteiger partial charge in [-0.05, 0) is 29.8 Å². The lowest BCUT2D eigenvalue weighted by Gasteiger charge is -2.16. The molecule has 0 unspecified atom stereocenters. The van der Waals surface area contributed by atoms with Gasteiger partial charge in [0.1, 0.15) is 0 Å². The van der Waals surface area contributed by atoms with Gasteiger partial charge in [-0.1, -0.05) is 18.2 Å². The van der Waals surface area contributed by atoms with Crippen molar-refractivity contribution in [3.8, 4) is 0 Å². The predicted octanol–water partition coefficient (Wildman–Crippen LogP) is 2.57. The van der Waals surface area contributed by atoms with E-state index in [2.05, 4.69) is 20.3 Å². The van der Waals surface area contributed by atoms with Crippen LogP contribution in [0.25, 0.3) is 0 Å². The molecule has 0 saturated carbocycles. The molecule has 1 aromatic carbocycles. The standard InChI is InChI=1S/C18H17N5O/c1-23(16-5-3-2-4-6-16)18-21-12-15(13-22-18)17(24)20-11-14-7-9-19-10-8-14/h2-10,12-13H,11H2,1H3,(H,20,24). The van der Waals surface area contributed by atoms with Crippen molar-refractivity contribution in [1.29, 1.82) is 0 Å². The van der Waals surface area contributed by atoms with E-state index in [1.165, 1.54) is 12.4 Å². The van der Waals surface area contributed by atoms with E-state index >= 15 is 0 Å². The number of nitrogens with one attached hydrogen (secondary N) is 1. The Morgan fingerprint density at radius 3 is 2.38 bits per heavy atom. The molecule has 3 rings (SSSR count). The van der Waals surface area contributed by atoms with Gasteiger partial charge < -0.3 is 10.2 Å². The van der Waals surface area contributed by atoms with Gasteiger partial charge in [-0.3, -0.25) is 9.78 Å². The Kier molecular flexibility index (Phi) is 4.76. The lowest BCUT2D eigenvalue weighted by molar-refractivity contribution is 0.0950. The van der Waals surface area contributed by atoms with Gasteiger partial charge in [-0.25, -0.2) is 9.97 Å². The molecule has 6 heteroatoms. The van der Waals surface area contributed by atoms with Crippen LogP contribution in [0.3, 0.4) is 0 Å². The molecule has 0 fully saturated rings. The molecule has 3 aromatic rings. The highest BCUT2D eigenvalue weighted by Gasteiger charge is 2.10. The molecule has 0 spiro atoms. The molecule has 0 aliphatic carbocycles. The van der Waals surface area contributed by atoms with Crippen molar-refractivity contribution in [3.05, 3.63) is 78.4 Å². The number of amides is 1. The smallest absolute Gasteiger partial charge is 0.254 e. The van der Waals surface area contributed by atoms with Crippen molar-refractivity contribution >= 4 is 17.5 Å². The van der Waals surface area contributed by atoms with E-state index in [1.54, 1.807) is 12.4 Å². The van der Waals surface area contributed by atoms with E-state index in [4.69, 9.17) is 0 Å². The molecule has 1 amide bonds. The van der Waals surface area contributed by atoms with Crippen molar-refractivity contribution in [2.45, 2.75) is 6.54 Å². The van der Waals surface area contributed by atoms with E-state index in [1.807, 2.05) is 54.4 Å². The van der Waals surface area contributed by atoms with E-state index < -0.39 is 0 Å². The first-order chi connectivity index (χ1) is 11.7. The van der Waals surface area contributed by atoms with E-state index in [0.29, 0.717) is 18.1 Å². The van der Waals surface area contributed by atoms with Crippen LogP contribution < -0.4 is 10.2 Å². The summed E-state index contributed by atoms with van der Waals surface area (Å²) in [6.45, 7) is 0.438. The Balaban J connectivity index is 1.64. The third-order valence-corrected chi connectivity index (χ3v) is 3.55. The van der Waals surface area contributed by atoms with E-state index in [0.717, 1.165) is 11.3 Å². The summed E-state index contributed by atoms with van der Waals surface area (Å²) < 4.78 is 0. The van der Waals surface area contributed by atoms with Crippen molar-refractivity contribution in [2.75, 3.05) is 11.9 Å². The molecule has 1 N–H and O–H groups in total. The highest BCUT2D eigenvalue weighted by atomic mass is 16.1. The number of rotatable bonds is 5. The third kappa shape index (κ3) is 3.73. The number of para-hydroxylation sites is 1. The summed E-state index contributed by atoms with van der Waals surface area (Å²) in [7, 11) is 1.88. The van der Waals surface area contributed by atoms with Gasteiger partial charge >= 0.3 is 0 Å². The molecule has 24 heavy (non-hydrogen) atoms. The summed E-state index contributed by atoms with van der Waals surface area (Å²) >= 11 is 0. The van der Waals surface area contributed by atoms with Gasteiger partial charge in [0, 0.05) is 44.1 Å². The maximum absolute atomic E-state index is 12.1. The Hall–Kier alpha value is -3.28. The zero-order valence-electron chi connectivity index (χ0n) is 13.3. The number of carbonyl (C=O) groups is 1. The maximum atomic E-state index is 12.1. The highest BCUT2D eigenvalue weighted by Crippen LogP contribution is 2.18. The molecule has 0 bridgehead atoms. The minimum atomic E-state index is -0.208. The van der Waals surface area contributed by atoms with Gasteiger partial charge in [-0.15, -0.1) is 0 Å². The minimum Gasteiger partial charge on any atom is -0.348 e. The number of hydrogen-bond acceptors (Lipinski definition) is 5. The molecular formula is C18H17N5O. The molecule has 2 aromatic heterocycles. The van der Waals surface area contributed by atoms with Gasteiger partial charge in [0.2, 0.25) is 5.95 Å². The Bertz CT molecular complexity index is 791. The first kappa shape index (κ1) is 15.6. The zero-order chi connectivity index (χ0) is 16.8. The van der Waals surface area contributed by atoms with Crippen LogP contribution >= 0.6 is 0 Å². The average molecular weight is 319 g/mol. The third-order valence-electron chi connectivity index (χ3n) is 3.55. The Morgan fingerprint density at radius 2 is 1.71 bits per heavy atom. The Morgan fingerprint density at radius 1 is 1.04 bits per heavy atom. The van der Waals surface area contributed by atoms with Crippen molar-refractivity contribution in [3.63, 3.8) is 0 Å². The molecule has 120 valence electrons. The average Bonchev–Trinajstić information content (AvgIpc) is 2.67. The molecule has 0 atom stereocenters. The van der Waals surface area contributed by atoms with Crippen LogP contribution in [0.15, 0.2) is 67.3 Å². The van der Waals surface area contributed by atoms with Crippen molar-refractivity contribution < 1.29 is 4.79 Å². The fourth-order valence-corrected chi connectivity index (χ4v) is 2.16. The van der Waals surface area contributed by atoms with Crippen LogP contribution in [0.1, 0.15) is 15.9 Å². The first-order valence-corrected chi connectivity index (χ1v) is 7.52. The second-order valence-electron chi connectivity index (χ2n) is 5.20. The first-order valence-electron chi connectivity index (χ1n) is 7.52. The lowest BCUT2D eigenvalue weighted by atomic mass is 10.2. The summed E-state index contributed by atoms with van der Waals surface area (Å²) in [5, 5.41) is 2.84. The fraction of sp³-hybridized carbons (Fsp3) is 0.111. The van der Waals surface area contributed by atoms with Crippen LogP contribution in [0.4, 0.5) is 11.6 Å². The summed E-state index contributed by atoms with van der Waals surface area (Å²) in [6, 6.07) is 13.5. The monoisotopic (exact) mass is 319 g/mol. The molecule has 0 aliphatic rings. The number of anilines is 2. The molecule has 2 heterocycles. The van der Waals surface area contributed by atoms with Crippen LogP contribution in [-0.2, 0) is 6.54 Å². The molecule has 0 radical (unpaired) electrons. The molecular weight excluding hydrogens is 302 g/mol. The normalized spacial score (nSPS) is 10.2. The fourth-order valence-electron chi connectivity index (χ4n) is 2.16. The molecule has 0 saturated heterocycles. The summed E-state index contributed by atoms with van der Waals surface area (Å²) in [5.41, 5.74) is 2.39. The maximum Gasteiger partial charge on any atom is 0.254 e. The van der Waals surface area contributed by atoms with E-state index in [9.17, 15) is 4.79 Å². The molecule has 0 aliphatic heterocycles. The van der Waals surface area contributed by atoms with Gasteiger partial charge in [0.15, 0.2) is 0 Å². The number of benzene rings is 1. The number of nitrogens with zero attached hydrogens (tertiary/aromatic N) is 4. The predicted molar refractivity (Wildman–Crippen MR) is 91.9 cm³/mol. The number of aromatic nitrogens is 3. The van der Waals surface area contributed by atoms with Gasteiger partial charge in [0.25, 0.3) is 5.91 Å². The highest BCUT2D eigenvalue weighted by molar-refractivity contribution is 5.93. The topological polar surface area (TPSA) is 71.0 Å². The largest absolute Gasteiger partial charge is 0.348 e. The zero-order valence-corrected chi connectivity index (χ0v) is 13.3. The van der Waals surface area contributed by atoms with Crippen molar-refractivity contribution in [1.82, 2.24) is 20.3 Å². The SMILES string of the molecule is CN(c1ccccc1)c1ncc(C(=O)NCc2ccncc2)cn1. The number of carbonyl (C=O) groups excluding carboxylic acids is 1. The Labute approximate surface area is 140 Å². The molecule has 6 nitrogen and oxygen atoms in total. The van der Waals surface area contributed by atoms with Gasteiger partial charge in [-0.2, -0.15) is 0 Å². The van der Waals surface area contributed by atoms with Crippen LogP contribution in [0.2, 0.25) is 0 Å². The second kappa shape index (κ2) is 7.32. The summed E-state index contributed by atoms with van der Waals surface area (Å²) in [5.74, 6) is 0.326. The van der Waals surface area contributed by atoms with Gasteiger partial charge in [0.05, 0.1) is 5.56 Å². The summed E-state index contributed by atoms with van der Waals surface area (Å²) in [4.78, 5) is 26.5.